The van der Waals surface area contributed by atoms with Crippen molar-refractivity contribution in [2.45, 2.75) is 45.3 Å². The van der Waals surface area contributed by atoms with Gasteiger partial charge >= 0.3 is 5.97 Å². The van der Waals surface area contributed by atoms with Gasteiger partial charge in [-0.25, -0.2) is 4.79 Å². The highest BCUT2D eigenvalue weighted by Crippen LogP contribution is 2.30. The van der Waals surface area contributed by atoms with Crippen LogP contribution >= 0.6 is 0 Å². The van der Waals surface area contributed by atoms with Gasteiger partial charge in [-0.3, -0.25) is 4.79 Å². The minimum Gasteiger partial charge on any atom is -0.507 e. The number of carbonyl (C=O) groups is 2. The highest BCUT2D eigenvalue weighted by atomic mass is 16.5. The lowest BCUT2D eigenvalue weighted by atomic mass is 9.90. The Morgan fingerprint density at radius 1 is 1.43 bits per heavy atom. The third kappa shape index (κ3) is 4.22. The van der Waals surface area contributed by atoms with Crippen LogP contribution in [0.5, 0.6) is 5.75 Å². The van der Waals surface area contributed by atoms with E-state index in [9.17, 15) is 14.7 Å². The first-order chi connectivity index (χ1) is 10.9. The molecule has 1 aliphatic rings. The third-order valence-electron chi connectivity index (χ3n) is 3.87. The number of aromatic hydroxyl groups is 1. The van der Waals surface area contributed by atoms with Crippen LogP contribution in [-0.2, 0) is 16.0 Å². The maximum absolute atomic E-state index is 12.2. The number of aliphatic hydroxyl groups excluding tert-OH is 1. The summed E-state index contributed by atoms with van der Waals surface area (Å²) in [4.78, 5) is 24.0. The van der Waals surface area contributed by atoms with Gasteiger partial charge in [0.25, 0.3) is 0 Å². The molecule has 23 heavy (non-hydrogen) atoms. The second-order valence-electron chi connectivity index (χ2n) is 6.24. The number of nitrogens with one attached hydrogen (secondary N) is 1. The molecule has 0 saturated heterocycles. The van der Waals surface area contributed by atoms with Crippen LogP contribution in [0.2, 0.25) is 0 Å². The normalized spacial score (nSPS) is 18.3. The van der Waals surface area contributed by atoms with Gasteiger partial charge in [0.15, 0.2) is 0 Å². The Hall–Kier alpha value is -2.08. The van der Waals surface area contributed by atoms with Gasteiger partial charge in [0.05, 0.1) is 12.6 Å². The van der Waals surface area contributed by atoms with E-state index in [2.05, 4.69) is 5.32 Å². The van der Waals surface area contributed by atoms with Crippen LogP contribution in [-0.4, -0.2) is 40.8 Å². The summed E-state index contributed by atoms with van der Waals surface area (Å²) in [5.74, 6) is -0.621. The van der Waals surface area contributed by atoms with Crippen LogP contribution in [0.25, 0.3) is 0 Å². The molecule has 2 atom stereocenters. The quantitative estimate of drug-likeness (QED) is 0.688. The predicted molar refractivity (Wildman–Crippen MR) is 84.1 cm³/mol. The van der Waals surface area contributed by atoms with Crippen molar-refractivity contribution in [2.24, 2.45) is 5.92 Å². The van der Waals surface area contributed by atoms with Crippen molar-refractivity contribution in [3.8, 4) is 5.75 Å². The Balaban J connectivity index is 2.19. The monoisotopic (exact) mass is 321 g/mol. The molecule has 1 aromatic rings. The lowest BCUT2D eigenvalue weighted by Gasteiger charge is -2.32. The lowest BCUT2D eigenvalue weighted by molar-refractivity contribution is -0.123. The first-order valence-electron chi connectivity index (χ1n) is 7.84. The molecule has 1 amide bonds. The molecular weight excluding hydrogens is 298 g/mol. The molecule has 0 fully saturated rings. The molecule has 0 radical (unpaired) electrons. The van der Waals surface area contributed by atoms with Gasteiger partial charge in [0.2, 0.25) is 5.91 Å². The van der Waals surface area contributed by atoms with E-state index >= 15 is 0 Å². The zero-order valence-corrected chi connectivity index (χ0v) is 13.4. The number of phenolic OH excluding ortho intramolecular Hbond substituents is 1. The second-order valence-corrected chi connectivity index (χ2v) is 6.24. The zero-order chi connectivity index (χ0) is 17.0. The van der Waals surface area contributed by atoms with Gasteiger partial charge < -0.3 is 20.3 Å². The zero-order valence-electron chi connectivity index (χ0n) is 13.4. The Morgan fingerprint density at radius 3 is 2.83 bits per heavy atom. The van der Waals surface area contributed by atoms with Gasteiger partial charge in [0.1, 0.15) is 17.4 Å². The molecule has 1 heterocycles. The molecule has 126 valence electrons. The number of esters is 1. The number of carbonyl (C=O) groups excluding carboxylic acids is 2. The topological polar surface area (TPSA) is 95.9 Å². The van der Waals surface area contributed by atoms with Gasteiger partial charge in [-0.2, -0.15) is 0 Å². The molecule has 0 aromatic heterocycles. The molecule has 6 heteroatoms. The maximum atomic E-state index is 12.2. The summed E-state index contributed by atoms with van der Waals surface area (Å²) < 4.78 is 5.46. The molecule has 2 rings (SSSR count). The van der Waals surface area contributed by atoms with E-state index in [0.29, 0.717) is 18.8 Å². The van der Waals surface area contributed by atoms with Crippen molar-refractivity contribution in [1.82, 2.24) is 5.32 Å². The molecule has 0 aliphatic carbocycles. The highest BCUT2D eigenvalue weighted by Gasteiger charge is 2.34. The number of cyclic esters (lactones) is 1. The fraction of sp³-hybridized carbons (Fsp3) is 0.529. The number of aliphatic hydroxyl groups is 1. The summed E-state index contributed by atoms with van der Waals surface area (Å²) >= 11 is 0. The van der Waals surface area contributed by atoms with Crippen LogP contribution in [0.3, 0.4) is 0 Å². The van der Waals surface area contributed by atoms with Gasteiger partial charge in [-0.05, 0) is 24.0 Å². The maximum Gasteiger partial charge on any atom is 0.342 e. The van der Waals surface area contributed by atoms with E-state index in [1.54, 1.807) is 12.1 Å². The van der Waals surface area contributed by atoms with Crippen LogP contribution in [0, 0.1) is 5.92 Å². The minimum absolute atomic E-state index is 0.0205. The van der Waals surface area contributed by atoms with Crippen LogP contribution in [0.1, 0.15) is 42.6 Å². The highest BCUT2D eigenvalue weighted by molar-refractivity contribution is 5.95. The molecule has 3 N–H and O–H groups in total. The summed E-state index contributed by atoms with van der Waals surface area (Å²) in [5, 5.41) is 21.5. The number of fused-ring (bicyclic) bond motifs is 1. The summed E-state index contributed by atoms with van der Waals surface area (Å²) in [6, 6.07) is 4.60. The Bertz CT molecular complexity index is 584. The van der Waals surface area contributed by atoms with Crippen molar-refractivity contribution in [3.63, 3.8) is 0 Å². The number of hydrogen-bond donors (Lipinski definition) is 3. The van der Waals surface area contributed by atoms with Crippen molar-refractivity contribution in [3.05, 3.63) is 29.3 Å². The van der Waals surface area contributed by atoms with Crippen molar-refractivity contribution < 1.29 is 24.5 Å². The number of phenols is 1. The van der Waals surface area contributed by atoms with Gasteiger partial charge in [-0.15, -0.1) is 0 Å². The average Bonchev–Trinajstić information content (AvgIpc) is 2.46. The Morgan fingerprint density at radius 2 is 2.17 bits per heavy atom. The molecule has 0 saturated carbocycles. The van der Waals surface area contributed by atoms with Gasteiger partial charge in [0, 0.05) is 12.8 Å². The Labute approximate surface area is 135 Å². The fourth-order valence-electron chi connectivity index (χ4n) is 2.86. The number of benzene rings is 1. The summed E-state index contributed by atoms with van der Waals surface area (Å²) in [6.45, 7) is 3.83. The van der Waals surface area contributed by atoms with E-state index < -0.39 is 12.1 Å². The van der Waals surface area contributed by atoms with Crippen molar-refractivity contribution >= 4 is 11.9 Å². The molecule has 0 bridgehead atoms. The van der Waals surface area contributed by atoms with E-state index in [0.717, 1.165) is 5.56 Å². The van der Waals surface area contributed by atoms with Crippen molar-refractivity contribution in [2.75, 3.05) is 6.61 Å². The third-order valence-corrected chi connectivity index (χ3v) is 3.87. The first kappa shape index (κ1) is 17.3. The molecule has 1 aromatic carbocycles. The Kier molecular flexibility index (Phi) is 5.60. The predicted octanol–water partition coefficient (Wildman–Crippen LogP) is 1.39. The van der Waals surface area contributed by atoms with E-state index in [-0.39, 0.29) is 36.3 Å². The number of amides is 1. The second kappa shape index (κ2) is 7.46. The van der Waals surface area contributed by atoms with E-state index in [1.165, 1.54) is 6.07 Å². The van der Waals surface area contributed by atoms with Crippen LogP contribution in [0.15, 0.2) is 18.2 Å². The van der Waals surface area contributed by atoms with Crippen LogP contribution < -0.4 is 5.32 Å². The minimum atomic E-state index is -0.570. The lowest BCUT2D eigenvalue weighted by Crippen LogP contribution is -2.48. The number of rotatable bonds is 6. The molecular formula is C17H23NO5. The largest absolute Gasteiger partial charge is 0.507 e. The smallest absolute Gasteiger partial charge is 0.342 e. The summed E-state index contributed by atoms with van der Waals surface area (Å²) in [7, 11) is 0. The number of hydrogen-bond acceptors (Lipinski definition) is 5. The first-order valence-corrected chi connectivity index (χ1v) is 7.84. The standard InChI is InChI=1S/C17H23NO5/c1-10(2)8-12(18-15(21)6-7-19)14-9-11-4-3-5-13(20)16(11)17(22)23-14/h3-5,10,12,14,19-20H,6-9H2,1-2H3,(H,18,21)/t12-,14-/m0/s1. The molecule has 0 unspecified atom stereocenters. The molecule has 6 nitrogen and oxygen atoms in total. The SMILES string of the molecule is CC(C)C[C@H](NC(=O)CCO)[C@@H]1Cc2cccc(O)c2C(=O)O1. The van der Waals surface area contributed by atoms with E-state index in [1.807, 2.05) is 13.8 Å². The summed E-state index contributed by atoms with van der Waals surface area (Å²) in [6.07, 6.45) is 0.629. The average molecular weight is 321 g/mol. The summed E-state index contributed by atoms with van der Waals surface area (Å²) in [5.41, 5.74) is 0.921. The van der Waals surface area contributed by atoms with Gasteiger partial charge in [-0.1, -0.05) is 26.0 Å². The van der Waals surface area contributed by atoms with Crippen LogP contribution in [0.4, 0.5) is 0 Å². The van der Waals surface area contributed by atoms with Crippen molar-refractivity contribution in [1.29, 1.82) is 0 Å². The molecule has 0 spiro atoms. The van der Waals surface area contributed by atoms with E-state index in [4.69, 9.17) is 9.84 Å². The molecule has 1 aliphatic heterocycles. The fourth-order valence-corrected chi connectivity index (χ4v) is 2.86. The number of ether oxygens (including phenoxy) is 1.